The summed E-state index contributed by atoms with van der Waals surface area (Å²) in [6.45, 7) is 5.42. The van der Waals surface area contributed by atoms with E-state index in [-0.39, 0.29) is 11.8 Å². The Hall–Kier alpha value is -3.32. The number of benzene rings is 3. The summed E-state index contributed by atoms with van der Waals surface area (Å²) in [4.78, 5) is 2.27. The van der Waals surface area contributed by atoms with Gasteiger partial charge in [-0.3, -0.25) is 4.90 Å². The number of piperidine rings is 1. The third-order valence-corrected chi connectivity index (χ3v) is 6.51. The van der Waals surface area contributed by atoms with Crippen molar-refractivity contribution in [1.82, 2.24) is 4.90 Å². The van der Waals surface area contributed by atoms with Crippen LogP contribution in [0, 0.1) is 11.3 Å². The maximum Gasteiger partial charge on any atom is 0.102 e. The lowest BCUT2D eigenvalue weighted by Crippen LogP contribution is -2.39. The van der Waals surface area contributed by atoms with Crippen LogP contribution in [0.2, 0.25) is 5.02 Å². The molecule has 0 radical (unpaired) electrons. The molecule has 3 aromatic carbocycles. The fourth-order valence-electron chi connectivity index (χ4n) is 4.47. The minimum atomic E-state index is 0.0124. The Morgan fingerprint density at radius 1 is 1.06 bits per heavy atom. The number of halogens is 1. The molecule has 0 saturated carbocycles. The molecule has 0 aliphatic carbocycles. The van der Waals surface area contributed by atoms with Crippen molar-refractivity contribution in [3.63, 3.8) is 0 Å². The number of aliphatic hydroxyl groups excluding tert-OH is 1. The summed E-state index contributed by atoms with van der Waals surface area (Å²) in [6.07, 6.45) is 7.08. The zero-order valence-corrected chi connectivity index (χ0v) is 19.3. The summed E-state index contributed by atoms with van der Waals surface area (Å²) in [5.41, 5.74) is 5.45. The highest BCUT2D eigenvalue weighted by molar-refractivity contribution is 6.32. The van der Waals surface area contributed by atoms with Gasteiger partial charge < -0.3 is 5.11 Å². The average molecular weight is 455 g/mol. The number of hydrogen-bond acceptors (Lipinski definition) is 3. The second kappa shape index (κ2) is 10.5. The molecular formula is C29H27ClN2O. The van der Waals surface area contributed by atoms with Gasteiger partial charge in [0.25, 0.3) is 0 Å². The standard InChI is InChI=1S/C29H27ClN2O/c1-21(33)29-12-5-6-17-32(29)20-22-13-14-25(28(30)18-22)16-15-24-10-7-11-26(27(24)19-31)23-8-3-2-4-9-23/h2-4,7-11,13-16,18,29,33H,1,5-6,12,17,20H2/b16-15+/t29-/m0/s1. The minimum Gasteiger partial charge on any atom is -0.511 e. The first kappa shape index (κ1) is 22.9. The van der Waals surface area contributed by atoms with E-state index in [4.69, 9.17) is 11.6 Å². The van der Waals surface area contributed by atoms with E-state index in [1.807, 2.05) is 72.8 Å². The van der Waals surface area contributed by atoms with Crippen LogP contribution in [0.4, 0.5) is 0 Å². The average Bonchev–Trinajstić information content (AvgIpc) is 2.84. The molecule has 3 aromatic rings. The van der Waals surface area contributed by atoms with Gasteiger partial charge in [0, 0.05) is 17.1 Å². The van der Waals surface area contributed by atoms with Gasteiger partial charge in [0.2, 0.25) is 0 Å². The number of likely N-dealkylation sites (tertiary alicyclic amines) is 1. The van der Waals surface area contributed by atoms with Gasteiger partial charge in [-0.05, 0) is 47.7 Å². The lowest BCUT2D eigenvalue weighted by Gasteiger charge is -2.35. The molecule has 1 aliphatic heterocycles. The zero-order valence-electron chi connectivity index (χ0n) is 18.5. The molecule has 1 N–H and O–H groups in total. The van der Waals surface area contributed by atoms with Crippen LogP contribution in [0.15, 0.2) is 79.1 Å². The molecule has 1 saturated heterocycles. The summed E-state index contributed by atoms with van der Waals surface area (Å²) in [7, 11) is 0. The van der Waals surface area contributed by atoms with Crippen molar-refractivity contribution >= 4 is 23.8 Å². The highest BCUT2D eigenvalue weighted by Crippen LogP contribution is 2.29. The van der Waals surface area contributed by atoms with Crippen molar-refractivity contribution in [2.45, 2.75) is 31.8 Å². The Bertz CT molecular complexity index is 1210. The van der Waals surface area contributed by atoms with Crippen molar-refractivity contribution in [3.8, 4) is 17.2 Å². The van der Waals surface area contributed by atoms with Crippen molar-refractivity contribution in [1.29, 1.82) is 5.26 Å². The van der Waals surface area contributed by atoms with Crippen LogP contribution < -0.4 is 0 Å². The lowest BCUT2D eigenvalue weighted by atomic mass is 9.95. The van der Waals surface area contributed by atoms with Gasteiger partial charge in [-0.2, -0.15) is 5.26 Å². The first-order valence-electron chi connectivity index (χ1n) is 11.2. The minimum absolute atomic E-state index is 0.0124. The van der Waals surface area contributed by atoms with Gasteiger partial charge in [0.05, 0.1) is 11.6 Å². The molecule has 166 valence electrons. The van der Waals surface area contributed by atoms with Gasteiger partial charge >= 0.3 is 0 Å². The summed E-state index contributed by atoms with van der Waals surface area (Å²) < 4.78 is 0. The van der Waals surface area contributed by atoms with Crippen LogP contribution in [-0.2, 0) is 6.54 Å². The molecule has 4 rings (SSSR count). The van der Waals surface area contributed by atoms with Crippen molar-refractivity contribution in [2.24, 2.45) is 0 Å². The second-order valence-electron chi connectivity index (χ2n) is 8.41. The zero-order chi connectivity index (χ0) is 23.2. The van der Waals surface area contributed by atoms with Gasteiger partial charge in [0.1, 0.15) is 11.8 Å². The van der Waals surface area contributed by atoms with Crippen LogP contribution in [0.25, 0.3) is 23.3 Å². The molecule has 1 aliphatic rings. The van der Waals surface area contributed by atoms with E-state index in [1.54, 1.807) is 0 Å². The van der Waals surface area contributed by atoms with E-state index in [0.29, 0.717) is 10.6 Å². The van der Waals surface area contributed by atoms with E-state index in [9.17, 15) is 10.4 Å². The molecule has 0 amide bonds. The van der Waals surface area contributed by atoms with E-state index in [0.717, 1.165) is 60.2 Å². The predicted octanol–water partition coefficient (Wildman–Crippen LogP) is 7.48. The van der Waals surface area contributed by atoms with Crippen LogP contribution in [0.3, 0.4) is 0 Å². The summed E-state index contributed by atoms with van der Waals surface area (Å²) in [5.74, 6) is 0.242. The molecule has 0 unspecified atom stereocenters. The first-order valence-corrected chi connectivity index (χ1v) is 11.6. The second-order valence-corrected chi connectivity index (χ2v) is 8.82. The number of nitrogens with zero attached hydrogens (tertiary/aromatic N) is 2. The van der Waals surface area contributed by atoms with Gasteiger partial charge in [-0.25, -0.2) is 0 Å². The molecule has 0 bridgehead atoms. The first-order chi connectivity index (χ1) is 16.1. The maximum atomic E-state index is 9.94. The Labute approximate surface area is 200 Å². The third-order valence-electron chi connectivity index (χ3n) is 6.18. The van der Waals surface area contributed by atoms with Crippen molar-refractivity contribution in [3.05, 3.63) is 106 Å². The highest BCUT2D eigenvalue weighted by atomic mass is 35.5. The number of aliphatic hydroxyl groups is 1. The smallest absolute Gasteiger partial charge is 0.102 e. The highest BCUT2D eigenvalue weighted by Gasteiger charge is 2.24. The third kappa shape index (κ3) is 5.37. The molecule has 1 heterocycles. The van der Waals surface area contributed by atoms with Crippen molar-refractivity contribution in [2.75, 3.05) is 6.54 Å². The fraction of sp³-hybridized carbons (Fsp3) is 0.207. The van der Waals surface area contributed by atoms with Gasteiger partial charge in [0.15, 0.2) is 0 Å². The molecule has 0 aromatic heterocycles. The topological polar surface area (TPSA) is 47.3 Å². The van der Waals surface area contributed by atoms with E-state index in [1.165, 1.54) is 0 Å². The Morgan fingerprint density at radius 2 is 1.85 bits per heavy atom. The molecule has 1 atom stereocenters. The quantitative estimate of drug-likeness (QED) is 0.310. The van der Waals surface area contributed by atoms with Crippen LogP contribution in [0.5, 0.6) is 0 Å². The molecule has 4 heteroatoms. The molecular weight excluding hydrogens is 428 g/mol. The van der Waals surface area contributed by atoms with E-state index >= 15 is 0 Å². The van der Waals surface area contributed by atoms with E-state index in [2.05, 4.69) is 23.6 Å². The normalized spacial score (nSPS) is 16.5. The summed E-state index contributed by atoms with van der Waals surface area (Å²) >= 11 is 6.61. The van der Waals surface area contributed by atoms with Gasteiger partial charge in [-0.1, -0.05) is 97.4 Å². The lowest BCUT2D eigenvalue weighted by molar-refractivity contribution is 0.128. The number of rotatable bonds is 6. The number of hydrogen-bond donors (Lipinski definition) is 1. The maximum absolute atomic E-state index is 9.94. The fourth-order valence-corrected chi connectivity index (χ4v) is 4.73. The largest absolute Gasteiger partial charge is 0.511 e. The SMILES string of the molecule is C=C(O)[C@@H]1CCCCN1Cc1ccc(/C=C/c2cccc(-c3ccccc3)c2C#N)c(Cl)c1. The number of nitriles is 1. The van der Waals surface area contributed by atoms with Crippen LogP contribution in [-0.4, -0.2) is 22.6 Å². The van der Waals surface area contributed by atoms with Gasteiger partial charge in [-0.15, -0.1) is 0 Å². The summed E-state index contributed by atoms with van der Waals surface area (Å²) in [5, 5.41) is 20.4. The molecule has 1 fully saturated rings. The Kier molecular flexibility index (Phi) is 7.29. The monoisotopic (exact) mass is 454 g/mol. The molecule has 33 heavy (non-hydrogen) atoms. The Balaban J connectivity index is 1.55. The summed E-state index contributed by atoms with van der Waals surface area (Å²) in [6, 6.07) is 24.3. The van der Waals surface area contributed by atoms with E-state index < -0.39 is 0 Å². The Morgan fingerprint density at radius 3 is 2.58 bits per heavy atom. The van der Waals surface area contributed by atoms with Crippen LogP contribution >= 0.6 is 11.6 Å². The van der Waals surface area contributed by atoms with Crippen LogP contribution in [0.1, 0.15) is 41.5 Å². The van der Waals surface area contributed by atoms with Crippen molar-refractivity contribution < 1.29 is 5.11 Å². The predicted molar refractivity (Wildman–Crippen MR) is 137 cm³/mol. The molecule has 0 spiro atoms. The molecule has 3 nitrogen and oxygen atoms in total.